The summed E-state index contributed by atoms with van der Waals surface area (Å²) in [5.41, 5.74) is 0. The van der Waals surface area contributed by atoms with Gasteiger partial charge in [0, 0.05) is 11.1 Å². The maximum absolute atomic E-state index is 10.6. The third-order valence-corrected chi connectivity index (χ3v) is 3.24. The zero-order valence-corrected chi connectivity index (χ0v) is 8.54. The molecule has 0 amide bonds. The molecule has 0 saturated heterocycles. The third kappa shape index (κ3) is 3.28. The summed E-state index contributed by atoms with van der Waals surface area (Å²) in [4.78, 5) is 4.45. The fourth-order valence-electron chi connectivity index (χ4n) is 0.549. The van der Waals surface area contributed by atoms with E-state index in [0.29, 0.717) is 8.79 Å². The van der Waals surface area contributed by atoms with Gasteiger partial charge in [-0.2, -0.15) is 0 Å². The highest BCUT2D eigenvalue weighted by molar-refractivity contribution is 9.11. The van der Waals surface area contributed by atoms with Crippen LogP contribution in [-0.4, -0.2) is 13.4 Å². The Bertz CT molecular complexity index is 345. The van der Waals surface area contributed by atoms with Crippen molar-refractivity contribution in [1.82, 2.24) is 4.98 Å². The summed E-state index contributed by atoms with van der Waals surface area (Å²) in [7, 11) is -3.41. The summed E-state index contributed by atoms with van der Waals surface area (Å²) in [6.45, 7) is 0. The minimum absolute atomic E-state index is 0.143. The van der Waals surface area contributed by atoms with Crippen molar-refractivity contribution in [3.63, 3.8) is 0 Å². The van der Waals surface area contributed by atoms with Crippen LogP contribution in [-0.2, 0) is 15.8 Å². The maximum Gasteiger partial charge on any atom is 0.214 e. The molecule has 0 aliphatic rings. The molecule has 2 N–H and O–H groups in total. The molecule has 11 heavy (non-hydrogen) atoms. The number of thiazole rings is 1. The number of nitrogens with two attached hydrogens (primary N) is 1. The Morgan fingerprint density at radius 3 is 2.73 bits per heavy atom. The fourth-order valence-corrected chi connectivity index (χ4v) is 2.90. The van der Waals surface area contributed by atoms with Crippen LogP contribution in [0.25, 0.3) is 0 Å². The minimum Gasteiger partial charge on any atom is -0.237 e. The molecule has 0 unspecified atom stereocenters. The Morgan fingerprint density at radius 2 is 2.36 bits per heavy atom. The number of hydrogen-bond acceptors (Lipinski definition) is 4. The topological polar surface area (TPSA) is 73.1 Å². The first-order chi connectivity index (χ1) is 4.97. The van der Waals surface area contributed by atoms with Gasteiger partial charge in [0.05, 0.1) is 0 Å². The Balaban J connectivity index is 2.81. The zero-order chi connectivity index (χ0) is 8.48. The molecule has 0 aromatic carbocycles. The van der Waals surface area contributed by atoms with Crippen molar-refractivity contribution in [2.75, 3.05) is 0 Å². The van der Waals surface area contributed by atoms with Gasteiger partial charge in [0.15, 0.2) is 3.92 Å². The van der Waals surface area contributed by atoms with Gasteiger partial charge in [-0.25, -0.2) is 18.5 Å². The van der Waals surface area contributed by atoms with Crippen LogP contribution in [0, 0.1) is 0 Å². The number of halogens is 1. The molecule has 7 heteroatoms. The van der Waals surface area contributed by atoms with Gasteiger partial charge in [0.1, 0.15) is 5.75 Å². The Morgan fingerprint density at radius 1 is 1.73 bits per heavy atom. The van der Waals surface area contributed by atoms with E-state index in [0.717, 1.165) is 0 Å². The molecule has 0 aliphatic heterocycles. The molecule has 0 bridgehead atoms. The van der Waals surface area contributed by atoms with E-state index in [4.69, 9.17) is 5.14 Å². The molecule has 62 valence electrons. The largest absolute Gasteiger partial charge is 0.237 e. The smallest absolute Gasteiger partial charge is 0.214 e. The predicted molar refractivity (Wildman–Crippen MR) is 46.6 cm³/mol. The van der Waals surface area contributed by atoms with Crippen molar-refractivity contribution >= 4 is 37.3 Å². The maximum atomic E-state index is 10.6. The van der Waals surface area contributed by atoms with Crippen molar-refractivity contribution in [3.05, 3.63) is 15.0 Å². The summed E-state index contributed by atoms with van der Waals surface area (Å²) in [5, 5.41) is 4.81. The van der Waals surface area contributed by atoms with Gasteiger partial charge in [-0.15, -0.1) is 11.3 Å². The van der Waals surface area contributed by atoms with Crippen molar-refractivity contribution < 1.29 is 8.42 Å². The number of nitrogens with zero attached hydrogens (tertiary/aromatic N) is 1. The highest BCUT2D eigenvalue weighted by Crippen LogP contribution is 2.19. The monoisotopic (exact) mass is 256 g/mol. The lowest BCUT2D eigenvalue weighted by Crippen LogP contribution is -2.13. The van der Waals surface area contributed by atoms with Crippen LogP contribution in [0.3, 0.4) is 0 Å². The van der Waals surface area contributed by atoms with E-state index in [1.807, 2.05) is 0 Å². The molecular formula is C4H5BrN2O2S2. The Hall–Kier alpha value is 0.0200. The van der Waals surface area contributed by atoms with Crippen LogP contribution in [0.15, 0.2) is 10.1 Å². The molecule has 0 saturated carbocycles. The Labute approximate surface area is 76.6 Å². The molecule has 1 heterocycles. The quantitative estimate of drug-likeness (QED) is 0.847. The number of aromatic nitrogens is 1. The van der Waals surface area contributed by atoms with Crippen LogP contribution in [0.5, 0.6) is 0 Å². The fraction of sp³-hybridized carbons (Fsp3) is 0.250. The SMILES string of the molecule is NS(=O)(=O)Cc1cnc(Br)s1. The van der Waals surface area contributed by atoms with Crippen molar-refractivity contribution in [3.8, 4) is 0 Å². The van der Waals surface area contributed by atoms with Crippen LogP contribution in [0.1, 0.15) is 4.88 Å². The average Bonchev–Trinajstić information content (AvgIpc) is 2.10. The van der Waals surface area contributed by atoms with E-state index < -0.39 is 10.0 Å². The standard InChI is InChI=1S/C4H5BrN2O2S2/c5-4-7-1-3(10-4)2-11(6,8)9/h1H,2H2,(H2,6,8,9). The normalized spacial score (nSPS) is 11.8. The van der Waals surface area contributed by atoms with Crippen LogP contribution >= 0.6 is 27.3 Å². The summed E-state index contributed by atoms with van der Waals surface area (Å²) in [6, 6.07) is 0. The molecular weight excluding hydrogens is 252 g/mol. The first kappa shape index (κ1) is 9.11. The summed E-state index contributed by atoms with van der Waals surface area (Å²) in [5.74, 6) is -0.143. The number of rotatable bonds is 2. The molecule has 0 aliphatic carbocycles. The number of sulfonamides is 1. The molecule has 0 radical (unpaired) electrons. The molecule has 1 aromatic heterocycles. The second-order valence-electron chi connectivity index (χ2n) is 1.89. The summed E-state index contributed by atoms with van der Waals surface area (Å²) in [6.07, 6.45) is 1.49. The summed E-state index contributed by atoms with van der Waals surface area (Å²) < 4.78 is 21.8. The van der Waals surface area contributed by atoms with Crippen LogP contribution in [0.2, 0.25) is 0 Å². The molecule has 0 atom stereocenters. The van der Waals surface area contributed by atoms with Crippen LogP contribution in [0.4, 0.5) is 0 Å². The van der Waals surface area contributed by atoms with Gasteiger partial charge in [0.25, 0.3) is 0 Å². The van der Waals surface area contributed by atoms with E-state index in [2.05, 4.69) is 20.9 Å². The molecule has 0 fully saturated rings. The highest BCUT2D eigenvalue weighted by atomic mass is 79.9. The van der Waals surface area contributed by atoms with Crippen molar-refractivity contribution in [2.24, 2.45) is 5.14 Å². The minimum atomic E-state index is -3.41. The Kier molecular flexibility index (Phi) is 2.63. The van der Waals surface area contributed by atoms with Gasteiger partial charge >= 0.3 is 0 Å². The van der Waals surface area contributed by atoms with E-state index in [9.17, 15) is 8.42 Å². The van der Waals surface area contributed by atoms with Crippen molar-refractivity contribution in [2.45, 2.75) is 5.75 Å². The second-order valence-corrected chi connectivity index (χ2v) is 5.89. The number of primary sulfonamides is 1. The first-order valence-electron chi connectivity index (χ1n) is 2.58. The highest BCUT2D eigenvalue weighted by Gasteiger charge is 2.07. The van der Waals surface area contributed by atoms with Crippen LogP contribution < -0.4 is 5.14 Å². The number of hydrogen-bond donors (Lipinski definition) is 1. The van der Waals surface area contributed by atoms with Gasteiger partial charge in [-0.3, -0.25) is 0 Å². The van der Waals surface area contributed by atoms with Gasteiger partial charge in [-0.1, -0.05) is 0 Å². The van der Waals surface area contributed by atoms with Gasteiger partial charge < -0.3 is 0 Å². The van der Waals surface area contributed by atoms with E-state index in [1.165, 1.54) is 17.5 Å². The molecule has 0 spiro atoms. The lowest BCUT2D eigenvalue weighted by atomic mass is 10.6. The molecule has 1 rings (SSSR count). The lowest BCUT2D eigenvalue weighted by Gasteiger charge is -1.90. The van der Waals surface area contributed by atoms with E-state index >= 15 is 0 Å². The zero-order valence-electron chi connectivity index (χ0n) is 5.32. The van der Waals surface area contributed by atoms with E-state index in [1.54, 1.807) is 0 Å². The second kappa shape index (κ2) is 3.18. The van der Waals surface area contributed by atoms with E-state index in [-0.39, 0.29) is 5.75 Å². The molecule has 1 aromatic rings. The van der Waals surface area contributed by atoms with Gasteiger partial charge in [0.2, 0.25) is 10.0 Å². The first-order valence-corrected chi connectivity index (χ1v) is 5.90. The average molecular weight is 257 g/mol. The van der Waals surface area contributed by atoms with Crippen molar-refractivity contribution in [1.29, 1.82) is 0 Å². The molecule has 4 nitrogen and oxygen atoms in total. The van der Waals surface area contributed by atoms with Gasteiger partial charge in [-0.05, 0) is 15.9 Å². The summed E-state index contributed by atoms with van der Waals surface area (Å²) >= 11 is 4.37. The predicted octanol–water partition coefficient (Wildman–Crippen LogP) is 0.694. The third-order valence-electron chi connectivity index (χ3n) is 0.869. The lowest BCUT2D eigenvalue weighted by molar-refractivity contribution is 0.597.